The third-order valence-corrected chi connectivity index (χ3v) is 7.95. The summed E-state index contributed by atoms with van der Waals surface area (Å²) in [6.45, 7) is 2.72. The molecular formula is C29H21Br2NO3S. The number of imide groups is 1. The Morgan fingerprint density at radius 1 is 0.917 bits per heavy atom. The van der Waals surface area contributed by atoms with Crippen molar-refractivity contribution in [3.05, 3.63) is 115 Å². The molecule has 4 nitrogen and oxygen atoms in total. The first kappa shape index (κ1) is 24.8. The van der Waals surface area contributed by atoms with Crippen LogP contribution in [0.5, 0.6) is 5.75 Å². The molecule has 0 spiro atoms. The van der Waals surface area contributed by atoms with E-state index in [0.717, 1.165) is 48.2 Å². The lowest BCUT2D eigenvalue weighted by Crippen LogP contribution is -2.27. The molecule has 2 amide bonds. The number of aryl methyl sites for hydroxylation is 1. The van der Waals surface area contributed by atoms with E-state index in [4.69, 9.17) is 4.74 Å². The van der Waals surface area contributed by atoms with Gasteiger partial charge >= 0.3 is 0 Å². The normalized spacial score (nSPS) is 14.8. The molecular weight excluding hydrogens is 602 g/mol. The molecule has 4 aromatic carbocycles. The van der Waals surface area contributed by atoms with E-state index >= 15 is 0 Å². The second kappa shape index (κ2) is 10.6. The molecule has 0 atom stereocenters. The Labute approximate surface area is 230 Å². The molecule has 0 radical (unpaired) electrons. The smallest absolute Gasteiger partial charge is 0.293 e. The van der Waals surface area contributed by atoms with E-state index in [-0.39, 0.29) is 17.7 Å². The molecule has 5 rings (SSSR count). The van der Waals surface area contributed by atoms with Crippen molar-refractivity contribution < 1.29 is 14.3 Å². The van der Waals surface area contributed by atoms with Crippen LogP contribution in [0.15, 0.2) is 92.7 Å². The number of fused-ring (bicyclic) bond motifs is 1. The number of amides is 2. The van der Waals surface area contributed by atoms with Crippen LogP contribution in [0, 0.1) is 6.92 Å². The highest BCUT2D eigenvalue weighted by Crippen LogP contribution is 2.38. The quantitative estimate of drug-likeness (QED) is 0.202. The summed E-state index contributed by atoms with van der Waals surface area (Å²) < 4.78 is 7.55. The Bertz CT molecular complexity index is 1500. The van der Waals surface area contributed by atoms with E-state index in [1.54, 1.807) is 6.08 Å². The van der Waals surface area contributed by atoms with Crippen molar-refractivity contribution in [3.8, 4) is 5.75 Å². The van der Waals surface area contributed by atoms with E-state index in [0.29, 0.717) is 17.3 Å². The fourth-order valence-electron chi connectivity index (χ4n) is 4.15. The van der Waals surface area contributed by atoms with Crippen molar-refractivity contribution >= 4 is 71.6 Å². The summed E-state index contributed by atoms with van der Waals surface area (Å²) in [5.74, 6) is 0.391. The summed E-state index contributed by atoms with van der Waals surface area (Å²) in [6, 6.07) is 25.8. The number of benzene rings is 4. The molecule has 0 saturated carbocycles. The van der Waals surface area contributed by atoms with Gasteiger partial charge in [-0.3, -0.25) is 14.5 Å². The van der Waals surface area contributed by atoms with Crippen LogP contribution in [-0.4, -0.2) is 16.0 Å². The van der Waals surface area contributed by atoms with Crippen LogP contribution in [0.2, 0.25) is 0 Å². The number of hydrogen-bond donors (Lipinski definition) is 0. The van der Waals surface area contributed by atoms with Crippen LogP contribution in [-0.2, 0) is 17.9 Å². The van der Waals surface area contributed by atoms with Crippen molar-refractivity contribution in [3.63, 3.8) is 0 Å². The molecule has 4 aromatic rings. The van der Waals surface area contributed by atoms with Crippen LogP contribution in [0.3, 0.4) is 0 Å². The lowest BCUT2D eigenvalue weighted by atomic mass is 10.0. The Morgan fingerprint density at radius 3 is 2.42 bits per heavy atom. The van der Waals surface area contributed by atoms with Gasteiger partial charge in [-0.15, -0.1) is 0 Å². The molecule has 0 N–H and O–H groups in total. The second-order valence-electron chi connectivity index (χ2n) is 8.50. The first-order valence-corrected chi connectivity index (χ1v) is 13.7. The lowest BCUT2D eigenvalue weighted by molar-refractivity contribution is -0.123. The number of ether oxygens (including phenoxy) is 1. The maximum atomic E-state index is 13.2. The zero-order chi connectivity index (χ0) is 25.2. The highest BCUT2D eigenvalue weighted by atomic mass is 79.9. The minimum absolute atomic E-state index is 0.239. The van der Waals surface area contributed by atoms with E-state index < -0.39 is 0 Å². The molecule has 0 aliphatic carbocycles. The molecule has 1 fully saturated rings. The largest absolute Gasteiger partial charge is 0.487 e. The van der Waals surface area contributed by atoms with Gasteiger partial charge in [-0.2, -0.15) is 0 Å². The molecule has 1 heterocycles. The van der Waals surface area contributed by atoms with Gasteiger partial charge in [0, 0.05) is 0 Å². The number of nitrogens with zero attached hydrogens (tertiary/aromatic N) is 1. The first-order valence-electron chi connectivity index (χ1n) is 11.3. The molecule has 0 bridgehead atoms. The highest BCUT2D eigenvalue weighted by Gasteiger charge is 2.35. The molecule has 0 aromatic heterocycles. The van der Waals surface area contributed by atoms with Crippen LogP contribution in [0.4, 0.5) is 4.79 Å². The average molecular weight is 623 g/mol. The summed E-state index contributed by atoms with van der Waals surface area (Å²) >= 11 is 8.14. The number of rotatable bonds is 6. The topological polar surface area (TPSA) is 46.6 Å². The molecule has 1 aliphatic heterocycles. The van der Waals surface area contributed by atoms with Gasteiger partial charge in [0.15, 0.2) is 0 Å². The van der Waals surface area contributed by atoms with Gasteiger partial charge in [-0.05, 0) is 96.2 Å². The van der Waals surface area contributed by atoms with Crippen molar-refractivity contribution in [2.45, 2.75) is 20.1 Å². The van der Waals surface area contributed by atoms with Gasteiger partial charge < -0.3 is 4.74 Å². The Morgan fingerprint density at radius 2 is 1.64 bits per heavy atom. The highest BCUT2D eigenvalue weighted by molar-refractivity contribution is 9.11. The van der Waals surface area contributed by atoms with Crippen molar-refractivity contribution in [1.82, 2.24) is 4.90 Å². The van der Waals surface area contributed by atoms with Gasteiger partial charge in [-0.25, -0.2) is 0 Å². The number of thioether (sulfide) groups is 1. The predicted molar refractivity (Wildman–Crippen MR) is 153 cm³/mol. The monoisotopic (exact) mass is 621 g/mol. The number of hydrogen-bond acceptors (Lipinski definition) is 4. The summed E-state index contributed by atoms with van der Waals surface area (Å²) in [5, 5.41) is 1.85. The van der Waals surface area contributed by atoms with Crippen LogP contribution in [0.1, 0.15) is 22.3 Å². The summed E-state index contributed by atoms with van der Waals surface area (Å²) in [5.41, 5.74) is 3.99. The molecule has 36 heavy (non-hydrogen) atoms. The zero-order valence-corrected chi connectivity index (χ0v) is 23.3. The summed E-state index contributed by atoms with van der Waals surface area (Å²) in [4.78, 5) is 27.6. The summed E-state index contributed by atoms with van der Waals surface area (Å²) in [6.07, 6.45) is 1.74. The SMILES string of the molecule is Cc1cccc(COc2c(Br)cc(/C=C3/SC(=O)N(Cc4cccc5ccccc45)C3=O)cc2Br)c1. The van der Waals surface area contributed by atoms with E-state index in [1.165, 1.54) is 10.5 Å². The fourth-order valence-corrected chi connectivity index (χ4v) is 6.44. The van der Waals surface area contributed by atoms with Gasteiger partial charge in [0.05, 0.1) is 20.4 Å². The maximum absolute atomic E-state index is 13.2. The standard InChI is InChI=1S/C29H21Br2NO3S/c1-18-6-4-7-19(12-18)17-35-27-24(30)13-20(14-25(27)31)15-26-28(33)32(29(34)36-26)16-22-10-5-9-21-8-2-3-11-23(21)22/h2-15H,16-17H2,1H3/b26-15+. The number of carbonyl (C=O) groups is 2. The number of halogens is 2. The van der Waals surface area contributed by atoms with Crippen molar-refractivity contribution in [2.24, 2.45) is 0 Å². The Balaban J connectivity index is 1.34. The van der Waals surface area contributed by atoms with Crippen LogP contribution in [0.25, 0.3) is 16.8 Å². The maximum Gasteiger partial charge on any atom is 0.293 e. The predicted octanol–water partition coefficient (Wildman–Crippen LogP) is 8.49. The average Bonchev–Trinajstić information content (AvgIpc) is 3.11. The van der Waals surface area contributed by atoms with E-state index in [2.05, 4.69) is 37.9 Å². The molecule has 7 heteroatoms. The van der Waals surface area contributed by atoms with Gasteiger partial charge in [0.1, 0.15) is 12.4 Å². The fraction of sp³-hybridized carbons (Fsp3) is 0.103. The van der Waals surface area contributed by atoms with Crippen molar-refractivity contribution in [1.29, 1.82) is 0 Å². The Hall–Kier alpha value is -2.87. The zero-order valence-electron chi connectivity index (χ0n) is 19.3. The van der Waals surface area contributed by atoms with E-state index in [1.807, 2.05) is 79.7 Å². The third-order valence-electron chi connectivity index (χ3n) is 5.87. The number of carbonyl (C=O) groups excluding carboxylic acids is 2. The summed E-state index contributed by atoms with van der Waals surface area (Å²) in [7, 11) is 0. The van der Waals surface area contributed by atoms with Gasteiger partial charge in [0.25, 0.3) is 11.1 Å². The van der Waals surface area contributed by atoms with Gasteiger partial charge in [-0.1, -0.05) is 72.3 Å². The van der Waals surface area contributed by atoms with Gasteiger partial charge in [0.2, 0.25) is 0 Å². The van der Waals surface area contributed by atoms with Crippen LogP contribution < -0.4 is 4.74 Å². The molecule has 0 unspecified atom stereocenters. The minimum Gasteiger partial charge on any atom is -0.487 e. The van der Waals surface area contributed by atoms with E-state index in [9.17, 15) is 9.59 Å². The first-order chi connectivity index (χ1) is 17.4. The molecule has 1 saturated heterocycles. The molecule has 180 valence electrons. The minimum atomic E-state index is -0.287. The lowest BCUT2D eigenvalue weighted by Gasteiger charge is -2.14. The second-order valence-corrected chi connectivity index (χ2v) is 11.2. The third kappa shape index (κ3) is 5.28. The molecule has 1 aliphatic rings. The Kier molecular flexibility index (Phi) is 7.32. The van der Waals surface area contributed by atoms with Crippen molar-refractivity contribution in [2.75, 3.05) is 0 Å². The van der Waals surface area contributed by atoms with Crippen LogP contribution >= 0.6 is 43.6 Å².